The molecule has 0 aliphatic carbocycles. The standard InChI is InChI=1S/C32H46N2O2S.BrH/c1-3-4-5-6-7-8-9-10-11-12-13-14-22-36-31-20-18-30(19-21-31)33-32(35)29-17-15-16-28(23-29)25-34-24-27(2)37-26-34;/h15-21,23-24H,3-14,22,25-26H2,1-2H3,(H,33,35);1H. The minimum Gasteiger partial charge on any atom is -0.494 e. The summed E-state index contributed by atoms with van der Waals surface area (Å²) >= 11 is 1.85. The van der Waals surface area contributed by atoms with Crippen molar-refractivity contribution < 1.29 is 9.53 Å². The Morgan fingerprint density at radius 1 is 0.895 bits per heavy atom. The first-order valence-corrected chi connectivity index (χ1v) is 15.3. The molecular weight excluding hydrogens is 556 g/mol. The average molecular weight is 604 g/mol. The van der Waals surface area contributed by atoms with Crippen molar-refractivity contribution in [3.63, 3.8) is 0 Å². The Hall–Kier alpha value is -1.92. The van der Waals surface area contributed by atoms with Crippen molar-refractivity contribution in [2.24, 2.45) is 0 Å². The van der Waals surface area contributed by atoms with Gasteiger partial charge in [0.1, 0.15) is 5.75 Å². The SMILES string of the molecule is Br.CCCCCCCCCCCCCCOc1ccc(NC(=O)c2cccc(CN3C=C(C)SC3)c2)cc1. The molecule has 2 aromatic rings. The lowest BCUT2D eigenvalue weighted by Gasteiger charge is -2.15. The number of ether oxygens (including phenoxy) is 1. The lowest BCUT2D eigenvalue weighted by Crippen LogP contribution is -2.15. The van der Waals surface area contributed by atoms with Crippen LogP contribution in [0.3, 0.4) is 0 Å². The average Bonchev–Trinajstić information content (AvgIpc) is 3.32. The van der Waals surface area contributed by atoms with E-state index in [0.29, 0.717) is 5.56 Å². The number of amides is 1. The molecule has 38 heavy (non-hydrogen) atoms. The number of carbonyl (C=O) groups excluding carboxylic acids is 1. The molecule has 1 N–H and O–H groups in total. The molecule has 0 fully saturated rings. The molecule has 4 nitrogen and oxygen atoms in total. The van der Waals surface area contributed by atoms with E-state index in [9.17, 15) is 4.79 Å². The number of hydrogen-bond donors (Lipinski definition) is 1. The van der Waals surface area contributed by atoms with Crippen LogP contribution in [0.4, 0.5) is 5.69 Å². The highest BCUT2D eigenvalue weighted by atomic mass is 79.9. The highest BCUT2D eigenvalue weighted by Crippen LogP contribution is 2.26. The van der Waals surface area contributed by atoms with Crippen LogP contribution in [0.5, 0.6) is 5.75 Å². The van der Waals surface area contributed by atoms with Crippen molar-refractivity contribution in [1.29, 1.82) is 0 Å². The van der Waals surface area contributed by atoms with Crippen LogP contribution >= 0.6 is 28.7 Å². The van der Waals surface area contributed by atoms with Gasteiger partial charge in [-0.05, 0) is 60.2 Å². The van der Waals surface area contributed by atoms with E-state index >= 15 is 0 Å². The van der Waals surface area contributed by atoms with Crippen LogP contribution < -0.4 is 10.1 Å². The van der Waals surface area contributed by atoms with Gasteiger partial charge in [0.15, 0.2) is 0 Å². The van der Waals surface area contributed by atoms with E-state index in [0.717, 1.165) is 42.4 Å². The predicted molar refractivity (Wildman–Crippen MR) is 169 cm³/mol. The van der Waals surface area contributed by atoms with Gasteiger partial charge < -0.3 is 15.0 Å². The number of benzene rings is 2. The van der Waals surface area contributed by atoms with Crippen molar-refractivity contribution in [3.05, 3.63) is 70.8 Å². The number of allylic oxidation sites excluding steroid dienone is 1. The zero-order chi connectivity index (χ0) is 26.1. The molecule has 3 rings (SSSR count). The molecule has 0 spiro atoms. The summed E-state index contributed by atoms with van der Waals surface area (Å²) in [7, 11) is 0. The number of nitrogens with zero attached hydrogens (tertiary/aromatic N) is 1. The number of halogens is 1. The van der Waals surface area contributed by atoms with Gasteiger partial charge in [0.05, 0.1) is 12.5 Å². The van der Waals surface area contributed by atoms with Gasteiger partial charge in [-0.2, -0.15) is 0 Å². The number of hydrogen-bond acceptors (Lipinski definition) is 4. The summed E-state index contributed by atoms with van der Waals surface area (Å²) < 4.78 is 5.91. The van der Waals surface area contributed by atoms with Crippen LogP contribution in [0, 0.1) is 0 Å². The molecule has 210 valence electrons. The summed E-state index contributed by atoms with van der Waals surface area (Å²) in [5.41, 5.74) is 2.60. The second-order valence-corrected chi connectivity index (χ2v) is 11.4. The minimum atomic E-state index is -0.0884. The Balaban J connectivity index is 0.00000507. The highest BCUT2D eigenvalue weighted by Gasteiger charge is 2.12. The Labute approximate surface area is 245 Å². The van der Waals surface area contributed by atoms with Crippen molar-refractivity contribution in [2.45, 2.75) is 97.4 Å². The van der Waals surface area contributed by atoms with E-state index in [1.165, 1.54) is 75.5 Å². The van der Waals surface area contributed by atoms with E-state index in [1.54, 1.807) is 0 Å². The van der Waals surface area contributed by atoms with Crippen LogP contribution in [0.25, 0.3) is 0 Å². The van der Waals surface area contributed by atoms with Gasteiger partial charge in [-0.3, -0.25) is 4.79 Å². The van der Waals surface area contributed by atoms with E-state index in [-0.39, 0.29) is 22.9 Å². The molecule has 0 aromatic heterocycles. The second kappa shape index (κ2) is 19.2. The number of unbranched alkanes of at least 4 members (excludes halogenated alkanes) is 11. The summed E-state index contributed by atoms with van der Waals surface area (Å²) in [5.74, 6) is 1.74. The number of rotatable bonds is 18. The first kappa shape index (κ1) is 32.3. The molecule has 1 amide bonds. The van der Waals surface area contributed by atoms with Crippen molar-refractivity contribution in [2.75, 3.05) is 17.8 Å². The number of anilines is 1. The summed E-state index contributed by atoms with van der Waals surface area (Å²) in [4.78, 5) is 16.4. The molecule has 1 heterocycles. The Kier molecular flexibility index (Phi) is 16.3. The first-order valence-electron chi connectivity index (χ1n) is 14.3. The quantitative estimate of drug-likeness (QED) is 0.172. The van der Waals surface area contributed by atoms with E-state index in [2.05, 4.69) is 36.3 Å². The third-order valence-electron chi connectivity index (χ3n) is 6.78. The van der Waals surface area contributed by atoms with Crippen molar-refractivity contribution >= 4 is 40.3 Å². The van der Waals surface area contributed by atoms with Gasteiger partial charge in [0.25, 0.3) is 5.91 Å². The van der Waals surface area contributed by atoms with Crippen LogP contribution in [-0.4, -0.2) is 23.3 Å². The maximum absolute atomic E-state index is 12.8. The molecule has 0 saturated carbocycles. The zero-order valence-corrected chi connectivity index (χ0v) is 25.9. The maximum Gasteiger partial charge on any atom is 0.255 e. The lowest BCUT2D eigenvalue weighted by atomic mass is 10.1. The van der Waals surface area contributed by atoms with Gasteiger partial charge >= 0.3 is 0 Å². The smallest absolute Gasteiger partial charge is 0.255 e. The molecular formula is C32H47BrN2O2S. The van der Waals surface area contributed by atoms with Crippen LogP contribution in [-0.2, 0) is 6.54 Å². The first-order chi connectivity index (χ1) is 18.1. The molecule has 0 unspecified atom stereocenters. The van der Waals surface area contributed by atoms with Crippen LogP contribution in [0.2, 0.25) is 0 Å². The molecule has 2 aromatic carbocycles. The Bertz CT molecular complexity index is 964. The normalized spacial score (nSPS) is 12.7. The Morgan fingerprint density at radius 3 is 2.13 bits per heavy atom. The fourth-order valence-electron chi connectivity index (χ4n) is 4.62. The summed E-state index contributed by atoms with van der Waals surface area (Å²) in [5, 5.41) is 3.01. The summed E-state index contributed by atoms with van der Waals surface area (Å²) in [6.45, 7) is 5.97. The molecule has 0 radical (unpaired) electrons. The van der Waals surface area contributed by atoms with E-state index < -0.39 is 0 Å². The fraction of sp³-hybridized carbons (Fsp3) is 0.531. The third-order valence-corrected chi connectivity index (χ3v) is 7.80. The molecule has 0 bridgehead atoms. The van der Waals surface area contributed by atoms with Gasteiger partial charge in [-0.15, -0.1) is 28.7 Å². The largest absolute Gasteiger partial charge is 0.494 e. The number of nitrogens with one attached hydrogen (secondary N) is 1. The molecule has 0 atom stereocenters. The van der Waals surface area contributed by atoms with Gasteiger partial charge in [-0.25, -0.2) is 0 Å². The minimum absolute atomic E-state index is 0. The fourth-order valence-corrected chi connectivity index (χ4v) is 5.38. The molecule has 6 heteroatoms. The van der Waals surface area contributed by atoms with Gasteiger partial charge in [-0.1, -0.05) is 89.7 Å². The third kappa shape index (κ3) is 12.8. The Morgan fingerprint density at radius 2 is 1.53 bits per heavy atom. The summed E-state index contributed by atoms with van der Waals surface area (Å²) in [6.07, 6.45) is 18.3. The lowest BCUT2D eigenvalue weighted by molar-refractivity contribution is 0.102. The number of thioether (sulfide) groups is 1. The maximum atomic E-state index is 12.8. The van der Waals surface area contributed by atoms with Gasteiger partial charge in [0.2, 0.25) is 0 Å². The monoisotopic (exact) mass is 602 g/mol. The highest BCUT2D eigenvalue weighted by molar-refractivity contribution is 8.93. The van der Waals surface area contributed by atoms with Crippen molar-refractivity contribution in [1.82, 2.24) is 4.90 Å². The van der Waals surface area contributed by atoms with Gasteiger partial charge in [0, 0.05) is 24.0 Å². The predicted octanol–water partition coefficient (Wildman–Crippen LogP) is 9.96. The summed E-state index contributed by atoms with van der Waals surface area (Å²) in [6, 6.07) is 15.6. The second-order valence-electron chi connectivity index (χ2n) is 10.2. The zero-order valence-electron chi connectivity index (χ0n) is 23.4. The van der Waals surface area contributed by atoms with Crippen LogP contribution in [0.1, 0.15) is 107 Å². The topological polar surface area (TPSA) is 41.6 Å². The van der Waals surface area contributed by atoms with E-state index in [4.69, 9.17) is 4.74 Å². The molecule has 1 aliphatic heterocycles. The van der Waals surface area contributed by atoms with E-state index in [1.807, 2.05) is 54.2 Å². The van der Waals surface area contributed by atoms with Crippen molar-refractivity contribution in [3.8, 4) is 5.75 Å². The van der Waals surface area contributed by atoms with Crippen LogP contribution in [0.15, 0.2) is 59.6 Å². The number of carbonyl (C=O) groups is 1. The molecule has 1 aliphatic rings. The molecule has 0 saturated heterocycles.